The largest absolute Gasteiger partial charge is 0.361 e. The fourth-order valence-corrected chi connectivity index (χ4v) is 5.04. The lowest BCUT2D eigenvalue weighted by Gasteiger charge is -2.34. The maximum atomic E-state index is 13.1. The van der Waals surface area contributed by atoms with Gasteiger partial charge in [0.15, 0.2) is 0 Å². The minimum atomic E-state index is -0.237. The van der Waals surface area contributed by atoms with Crippen LogP contribution in [-0.4, -0.2) is 51.9 Å². The van der Waals surface area contributed by atoms with Crippen molar-refractivity contribution in [3.05, 3.63) is 77.2 Å². The fraction of sp³-hybridized carbons (Fsp3) is 0.280. The Balaban J connectivity index is 1.11. The lowest BCUT2D eigenvalue weighted by molar-refractivity contribution is -0.133. The number of para-hydroxylation sites is 1. The third-order valence-corrected chi connectivity index (χ3v) is 6.98. The molecule has 2 aromatic heterocycles. The normalized spacial score (nSPS) is 14.8. The number of aromatic nitrogens is 2. The average molecular weight is 449 g/mol. The van der Waals surface area contributed by atoms with Crippen LogP contribution in [0, 0.1) is 5.82 Å². The summed E-state index contributed by atoms with van der Waals surface area (Å²) < 4.78 is 13.1. The van der Waals surface area contributed by atoms with Gasteiger partial charge in [-0.05, 0) is 42.3 Å². The molecule has 1 saturated heterocycles. The monoisotopic (exact) mass is 448 g/mol. The highest BCUT2D eigenvalue weighted by Gasteiger charge is 2.22. The number of rotatable bonds is 6. The van der Waals surface area contributed by atoms with E-state index in [1.807, 2.05) is 23.2 Å². The highest BCUT2D eigenvalue weighted by molar-refractivity contribution is 7.13. The summed E-state index contributed by atoms with van der Waals surface area (Å²) in [5, 5.41) is 4.18. The van der Waals surface area contributed by atoms with E-state index in [-0.39, 0.29) is 11.7 Å². The molecule has 1 N–H and O–H groups in total. The Bertz CT molecular complexity index is 1210. The first-order valence-electron chi connectivity index (χ1n) is 10.9. The van der Waals surface area contributed by atoms with Crippen molar-refractivity contribution in [1.82, 2.24) is 19.8 Å². The first kappa shape index (κ1) is 20.8. The standard InChI is InChI=1S/C25H25FN4OS/c26-20-8-5-18(6-9-20)25-28-21(17-32-25)16-29-11-13-30(14-12-29)24(31)10-7-19-15-27-23-4-2-1-3-22(19)23/h1-6,8-9,15,17,27H,7,10-14,16H2. The molecule has 0 unspecified atom stereocenters. The summed E-state index contributed by atoms with van der Waals surface area (Å²) >= 11 is 1.58. The number of amides is 1. The van der Waals surface area contributed by atoms with Crippen LogP contribution in [0.15, 0.2) is 60.1 Å². The number of aromatic amines is 1. The van der Waals surface area contributed by atoms with Crippen LogP contribution in [0.2, 0.25) is 0 Å². The van der Waals surface area contributed by atoms with E-state index < -0.39 is 0 Å². The molecule has 164 valence electrons. The van der Waals surface area contributed by atoms with E-state index in [4.69, 9.17) is 4.98 Å². The van der Waals surface area contributed by atoms with Gasteiger partial charge in [0.05, 0.1) is 5.69 Å². The molecular weight excluding hydrogens is 423 g/mol. The second kappa shape index (κ2) is 9.22. The summed E-state index contributed by atoms with van der Waals surface area (Å²) in [6, 6.07) is 14.7. The van der Waals surface area contributed by atoms with E-state index in [9.17, 15) is 9.18 Å². The Hall–Kier alpha value is -3.03. The molecule has 1 amide bonds. The first-order valence-corrected chi connectivity index (χ1v) is 11.8. The van der Waals surface area contributed by atoms with E-state index in [0.29, 0.717) is 6.42 Å². The van der Waals surface area contributed by atoms with Gasteiger partial charge in [0.1, 0.15) is 10.8 Å². The van der Waals surface area contributed by atoms with Crippen LogP contribution < -0.4 is 0 Å². The Kier molecular flexibility index (Phi) is 6.01. The second-order valence-electron chi connectivity index (χ2n) is 8.17. The number of thiazole rings is 1. The highest BCUT2D eigenvalue weighted by atomic mass is 32.1. The Morgan fingerprint density at radius 1 is 1.06 bits per heavy atom. The summed E-state index contributed by atoms with van der Waals surface area (Å²) in [7, 11) is 0. The van der Waals surface area contributed by atoms with Crippen LogP contribution in [0.4, 0.5) is 4.39 Å². The molecule has 0 atom stereocenters. The lowest BCUT2D eigenvalue weighted by Crippen LogP contribution is -2.48. The molecule has 5 rings (SSSR count). The molecule has 0 saturated carbocycles. The van der Waals surface area contributed by atoms with E-state index in [0.717, 1.165) is 60.9 Å². The van der Waals surface area contributed by atoms with E-state index >= 15 is 0 Å². The molecule has 0 radical (unpaired) electrons. The SMILES string of the molecule is O=C(CCc1c[nH]c2ccccc12)N1CCN(Cc2csc(-c3ccc(F)cc3)n2)CC1. The molecule has 3 heterocycles. The van der Waals surface area contributed by atoms with Crippen LogP contribution in [-0.2, 0) is 17.8 Å². The van der Waals surface area contributed by atoms with Crippen molar-refractivity contribution in [2.75, 3.05) is 26.2 Å². The molecule has 2 aromatic carbocycles. The number of nitrogens with zero attached hydrogens (tertiary/aromatic N) is 3. The van der Waals surface area contributed by atoms with Crippen molar-refractivity contribution in [2.45, 2.75) is 19.4 Å². The van der Waals surface area contributed by atoms with Gasteiger partial charge < -0.3 is 9.88 Å². The number of carbonyl (C=O) groups excluding carboxylic acids is 1. The molecule has 0 aliphatic carbocycles. The first-order chi connectivity index (χ1) is 15.7. The number of nitrogens with one attached hydrogen (secondary N) is 1. The van der Waals surface area contributed by atoms with Gasteiger partial charge in [-0.2, -0.15) is 0 Å². The van der Waals surface area contributed by atoms with Gasteiger partial charge in [0.25, 0.3) is 0 Å². The number of fused-ring (bicyclic) bond motifs is 1. The number of benzene rings is 2. The molecule has 4 aromatic rings. The number of halogens is 1. The van der Waals surface area contributed by atoms with Gasteiger partial charge in [0, 0.05) is 67.2 Å². The number of hydrogen-bond donors (Lipinski definition) is 1. The van der Waals surface area contributed by atoms with Crippen LogP contribution in [0.3, 0.4) is 0 Å². The van der Waals surface area contributed by atoms with Crippen molar-refractivity contribution in [3.8, 4) is 10.6 Å². The smallest absolute Gasteiger partial charge is 0.222 e. The highest BCUT2D eigenvalue weighted by Crippen LogP contribution is 2.25. The summed E-state index contributed by atoms with van der Waals surface area (Å²) in [5.41, 5.74) is 4.28. The number of H-pyrrole nitrogens is 1. The maximum absolute atomic E-state index is 13.1. The van der Waals surface area contributed by atoms with E-state index in [1.165, 1.54) is 23.1 Å². The van der Waals surface area contributed by atoms with Crippen molar-refractivity contribution in [2.24, 2.45) is 0 Å². The van der Waals surface area contributed by atoms with Gasteiger partial charge in [-0.3, -0.25) is 9.69 Å². The zero-order valence-corrected chi connectivity index (χ0v) is 18.6. The van der Waals surface area contributed by atoms with E-state index in [1.54, 1.807) is 23.5 Å². The molecule has 32 heavy (non-hydrogen) atoms. The summed E-state index contributed by atoms with van der Waals surface area (Å²) in [6.45, 7) is 3.98. The van der Waals surface area contributed by atoms with Gasteiger partial charge >= 0.3 is 0 Å². The lowest BCUT2D eigenvalue weighted by atomic mass is 10.1. The number of hydrogen-bond acceptors (Lipinski definition) is 4. The zero-order chi connectivity index (χ0) is 21.9. The quantitative estimate of drug-likeness (QED) is 0.465. The Labute approximate surface area is 190 Å². The molecule has 1 aliphatic rings. The minimum absolute atomic E-state index is 0.224. The van der Waals surface area contributed by atoms with Crippen molar-refractivity contribution < 1.29 is 9.18 Å². The van der Waals surface area contributed by atoms with Gasteiger partial charge in [0.2, 0.25) is 5.91 Å². The van der Waals surface area contributed by atoms with E-state index in [2.05, 4.69) is 27.4 Å². The van der Waals surface area contributed by atoms with Crippen LogP contribution in [0.1, 0.15) is 17.7 Å². The minimum Gasteiger partial charge on any atom is -0.361 e. The molecule has 5 nitrogen and oxygen atoms in total. The van der Waals surface area contributed by atoms with Crippen LogP contribution in [0.5, 0.6) is 0 Å². The molecule has 1 fully saturated rings. The second-order valence-corrected chi connectivity index (χ2v) is 9.03. The van der Waals surface area contributed by atoms with Gasteiger partial charge in [-0.25, -0.2) is 9.37 Å². The predicted octanol–water partition coefficient (Wildman–Crippen LogP) is 4.71. The van der Waals surface area contributed by atoms with Crippen LogP contribution in [0.25, 0.3) is 21.5 Å². The van der Waals surface area contributed by atoms with Crippen molar-refractivity contribution in [3.63, 3.8) is 0 Å². The summed E-state index contributed by atoms with van der Waals surface area (Å²) in [6.07, 6.45) is 3.31. The van der Waals surface area contributed by atoms with Gasteiger partial charge in [-0.15, -0.1) is 11.3 Å². The predicted molar refractivity (Wildman–Crippen MR) is 126 cm³/mol. The molecule has 0 bridgehead atoms. The molecule has 7 heteroatoms. The van der Waals surface area contributed by atoms with Crippen LogP contribution >= 0.6 is 11.3 Å². The van der Waals surface area contributed by atoms with Gasteiger partial charge in [-0.1, -0.05) is 18.2 Å². The van der Waals surface area contributed by atoms with Crippen molar-refractivity contribution >= 4 is 28.1 Å². The fourth-order valence-electron chi connectivity index (χ4n) is 4.23. The number of piperazine rings is 1. The zero-order valence-electron chi connectivity index (χ0n) is 17.8. The number of aryl methyl sites for hydroxylation is 1. The summed E-state index contributed by atoms with van der Waals surface area (Å²) in [4.78, 5) is 25.1. The molecular formula is C25H25FN4OS. The average Bonchev–Trinajstić information content (AvgIpc) is 3.46. The topological polar surface area (TPSA) is 52.2 Å². The maximum Gasteiger partial charge on any atom is 0.222 e. The Morgan fingerprint density at radius 3 is 2.66 bits per heavy atom. The summed E-state index contributed by atoms with van der Waals surface area (Å²) in [5.74, 6) is -0.0124. The third-order valence-electron chi connectivity index (χ3n) is 6.04. The number of carbonyl (C=O) groups is 1. The Morgan fingerprint density at radius 2 is 1.84 bits per heavy atom. The third kappa shape index (κ3) is 4.59. The van der Waals surface area contributed by atoms with Crippen molar-refractivity contribution in [1.29, 1.82) is 0 Å². The molecule has 1 aliphatic heterocycles. The molecule has 0 spiro atoms.